The van der Waals surface area contributed by atoms with E-state index in [0.29, 0.717) is 11.6 Å². The largest absolute Gasteiger partial charge is 0.382 e. The molecule has 6 nitrogen and oxygen atoms in total. The van der Waals surface area contributed by atoms with Gasteiger partial charge in [-0.3, -0.25) is 4.98 Å². The summed E-state index contributed by atoms with van der Waals surface area (Å²) in [5.41, 5.74) is 0.714. The Hall–Kier alpha value is -1.66. The summed E-state index contributed by atoms with van der Waals surface area (Å²) in [7, 11) is 0. The second-order valence-corrected chi connectivity index (χ2v) is 6.06. The number of urea groups is 1. The number of nitrogens with zero attached hydrogens (tertiary/aromatic N) is 2. The van der Waals surface area contributed by atoms with Crippen molar-refractivity contribution in [3.8, 4) is 0 Å². The highest BCUT2D eigenvalue weighted by molar-refractivity contribution is 5.89. The van der Waals surface area contributed by atoms with Gasteiger partial charge in [0.05, 0.1) is 11.9 Å². The van der Waals surface area contributed by atoms with E-state index in [-0.39, 0.29) is 12.1 Å². The number of amides is 2. The average molecular weight is 320 g/mol. The molecule has 6 heteroatoms. The van der Waals surface area contributed by atoms with E-state index in [1.807, 2.05) is 13.0 Å². The molecule has 2 heterocycles. The lowest BCUT2D eigenvalue weighted by molar-refractivity contribution is 0.111. The van der Waals surface area contributed by atoms with Gasteiger partial charge < -0.3 is 20.3 Å². The van der Waals surface area contributed by atoms with Crippen LogP contribution in [0.5, 0.6) is 0 Å². The smallest absolute Gasteiger partial charge is 0.319 e. The Kier molecular flexibility index (Phi) is 7.29. The topological polar surface area (TPSA) is 66.5 Å². The van der Waals surface area contributed by atoms with Crippen molar-refractivity contribution in [2.45, 2.75) is 32.7 Å². The zero-order valence-electron chi connectivity index (χ0n) is 14.1. The highest BCUT2D eigenvalue weighted by Crippen LogP contribution is 2.17. The number of carbonyl (C=O) groups excluding carboxylic acids is 1. The molecule has 2 rings (SSSR count). The predicted octanol–water partition coefficient (Wildman–Crippen LogP) is 2.34. The first-order valence-electron chi connectivity index (χ1n) is 8.46. The summed E-state index contributed by atoms with van der Waals surface area (Å²) >= 11 is 0. The Balaban J connectivity index is 1.70. The second-order valence-electron chi connectivity index (χ2n) is 6.06. The number of rotatable bonds is 7. The molecule has 0 aromatic carbocycles. The van der Waals surface area contributed by atoms with Gasteiger partial charge in [0, 0.05) is 45.1 Å². The van der Waals surface area contributed by atoms with Crippen molar-refractivity contribution in [2.75, 3.05) is 38.2 Å². The minimum absolute atomic E-state index is 0.153. The quantitative estimate of drug-likeness (QED) is 0.757. The standard InChI is InChI=1S/C17H28N4O2/c1-3-23-11-5-9-21-10-7-16(14(2)13-21)20-17(22)19-15-6-4-8-18-12-15/h4,6,8,12,14,16H,3,5,7,9-11,13H2,1-2H3,(H2,19,20,22)/t14-,16+/m1/s1. The maximum atomic E-state index is 12.1. The number of anilines is 1. The highest BCUT2D eigenvalue weighted by atomic mass is 16.5. The minimum atomic E-state index is -0.153. The van der Waals surface area contributed by atoms with E-state index in [9.17, 15) is 4.79 Å². The minimum Gasteiger partial charge on any atom is -0.382 e. The maximum absolute atomic E-state index is 12.1. The van der Waals surface area contributed by atoms with Crippen LogP contribution in [0.4, 0.5) is 10.5 Å². The van der Waals surface area contributed by atoms with Crippen LogP contribution in [0.2, 0.25) is 0 Å². The molecular formula is C17H28N4O2. The van der Waals surface area contributed by atoms with Gasteiger partial charge in [0.1, 0.15) is 0 Å². The van der Waals surface area contributed by atoms with Gasteiger partial charge in [-0.15, -0.1) is 0 Å². The SMILES string of the molecule is CCOCCCN1CC[C@H](NC(=O)Nc2cccnc2)[C@H](C)C1. The molecule has 1 aliphatic rings. The third-order valence-corrected chi connectivity index (χ3v) is 4.19. The van der Waals surface area contributed by atoms with Crippen molar-refractivity contribution >= 4 is 11.7 Å². The van der Waals surface area contributed by atoms with Crippen molar-refractivity contribution in [1.29, 1.82) is 0 Å². The first kappa shape index (κ1) is 17.7. The number of hydrogen-bond acceptors (Lipinski definition) is 4. The lowest BCUT2D eigenvalue weighted by Gasteiger charge is -2.37. The number of piperidine rings is 1. The van der Waals surface area contributed by atoms with Gasteiger partial charge in [0.15, 0.2) is 0 Å². The molecule has 1 aromatic heterocycles. The molecule has 23 heavy (non-hydrogen) atoms. The van der Waals surface area contributed by atoms with E-state index in [2.05, 4.69) is 27.4 Å². The molecule has 0 unspecified atom stereocenters. The summed E-state index contributed by atoms with van der Waals surface area (Å²) in [6.45, 7) is 8.95. The number of pyridine rings is 1. The molecule has 1 aromatic rings. The van der Waals surface area contributed by atoms with Gasteiger partial charge in [-0.2, -0.15) is 0 Å². The van der Waals surface area contributed by atoms with Gasteiger partial charge >= 0.3 is 6.03 Å². The van der Waals surface area contributed by atoms with E-state index in [4.69, 9.17) is 4.74 Å². The molecule has 0 aliphatic carbocycles. The molecular weight excluding hydrogens is 292 g/mol. The summed E-state index contributed by atoms with van der Waals surface area (Å²) in [4.78, 5) is 18.5. The first-order valence-corrected chi connectivity index (χ1v) is 8.46. The van der Waals surface area contributed by atoms with Gasteiger partial charge in [0.2, 0.25) is 0 Å². The van der Waals surface area contributed by atoms with Gasteiger partial charge in [-0.1, -0.05) is 6.92 Å². The molecule has 2 atom stereocenters. The van der Waals surface area contributed by atoms with E-state index in [0.717, 1.165) is 45.7 Å². The Bertz CT molecular complexity index is 469. The second kappa shape index (κ2) is 9.47. The Morgan fingerprint density at radius 1 is 1.52 bits per heavy atom. The Morgan fingerprint density at radius 2 is 2.39 bits per heavy atom. The molecule has 0 radical (unpaired) electrons. The van der Waals surface area contributed by atoms with Gasteiger partial charge in [-0.25, -0.2) is 4.79 Å². The molecule has 1 saturated heterocycles. The molecule has 2 N–H and O–H groups in total. The predicted molar refractivity (Wildman–Crippen MR) is 91.5 cm³/mol. The van der Waals surface area contributed by atoms with Crippen LogP contribution < -0.4 is 10.6 Å². The number of nitrogens with one attached hydrogen (secondary N) is 2. The third kappa shape index (κ3) is 6.15. The lowest BCUT2D eigenvalue weighted by Crippen LogP contribution is -2.51. The summed E-state index contributed by atoms with van der Waals surface area (Å²) in [5.74, 6) is 0.440. The fourth-order valence-electron chi connectivity index (χ4n) is 2.96. The van der Waals surface area contributed by atoms with Crippen molar-refractivity contribution < 1.29 is 9.53 Å². The van der Waals surface area contributed by atoms with E-state index < -0.39 is 0 Å². The highest BCUT2D eigenvalue weighted by Gasteiger charge is 2.26. The van der Waals surface area contributed by atoms with Gasteiger partial charge in [-0.05, 0) is 37.8 Å². The van der Waals surface area contributed by atoms with Crippen LogP contribution in [0, 0.1) is 5.92 Å². The summed E-state index contributed by atoms with van der Waals surface area (Å²) in [6.07, 6.45) is 5.38. The summed E-state index contributed by atoms with van der Waals surface area (Å²) in [5, 5.41) is 5.91. The zero-order valence-corrected chi connectivity index (χ0v) is 14.1. The average Bonchev–Trinajstić information content (AvgIpc) is 2.55. The van der Waals surface area contributed by atoms with Crippen molar-refractivity contribution in [1.82, 2.24) is 15.2 Å². The number of aromatic nitrogens is 1. The Labute approximate surface area is 138 Å². The van der Waals surface area contributed by atoms with Crippen LogP contribution in [0.3, 0.4) is 0 Å². The Morgan fingerprint density at radius 3 is 3.09 bits per heavy atom. The number of likely N-dealkylation sites (tertiary alicyclic amines) is 1. The third-order valence-electron chi connectivity index (χ3n) is 4.19. The summed E-state index contributed by atoms with van der Waals surface area (Å²) in [6, 6.07) is 3.70. The number of ether oxygens (including phenoxy) is 1. The van der Waals surface area contributed by atoms with Crippen molar-refractivity contribution in [2.24, 2.45) is 5.92 Å². The first-order chi connectivity index (χ1) is 11.2. The molecule has 2 amide bonds. The zero-order chi connectivity index (χ0) is 16.5. The maximum Gasteiger partial charge on any atom is 0.319 e. The van der Waals surface area contributed by atoms with E-state index in [1.165, 1.54) is 0 Å². The van der Waals surface area contributed by atoms with Crippen LogP contribution in [-0.2, 0) is 4.74 Å². The molecule has 0 bridgehead atoms. The van der Waals surface area contributed by atoms with Crippen LogP contribution in [-0.4, -0.2) is 54.8 Å². The molecule has 128 valence electrons. The number of carbonyl (C=O) groups is 1. The fraction of sp³-hybridized carbons (Fsp3) is 0.647. The molecule has 1 fully saturated rings. The fourth-order valence-corrected chi connectivity index (χ4v) is 2.96. The number of hydrogen-bond donors (Lipinski definition) is 2. The monoisotopic (exact) mass is 320 g/mol. The van der Waals surface area contributed by atoms with Crippen LogP contribution in [0.1, 0.15) is 26.7 Å². The lowest BCUT2D eigenvalue weighted by atomic mass is 9.94. The molecule has 0 spiro atoms. The van der Waals surface area contributed by atoms with E-state index in [1.54, 1.807) is 18.5 Å². The van der Waals surface area contributed by atoms with Crippen LogP contribution in [0.15, 0.2) is 24.5 Å². The van der Waals surface area contributed by atoms with Gasteiger partial charge in [0.25, 0.3) is 0 Å². The van der Waals surface area contributed by atoms with Crippen LogP contribution >= 0.6 is 0 Å². The van der Waals surface area contributed by atoms with Crippen LogP contribution in [0.25, 0.3) is 0 Å². The summed E-state index contributed by atoms with van der Waals surface area (Å²) < 4.78 is 5.38. The normalized spacial score (nSPS) is 21.8. The van der Waals surface area contributed by atoms with E-state index >= 15 is 0 Å². The van der Waals surface area contributed by atoms with Crippen molar-refractivity contribution in [3.05, 3.63) is 24.5 Å². The molecule has 1 aliphatic heterocycles. The van der Waals surface area contributed by atoms with Crippen molar-refractivity contribution in [3.63, 3.8) is 0 Å². The molecule has 0 saturated carbocycles.